The van der Waals surface area contributed by atoms with E-state index in [0.717, 1.165) is 102 Å². The van der Waals surface area contributed by atoms with E-state index in [9.17, 15) is 43.2 Å². The maximum absolute atomic E-state index is 13.1. The summed E-state index contributed by atoms with van der Waals surface area (Å²) in [6.45, 7) is 9.57. The van der Waals surface area contributed by atoms with E-state index in [2.05, 4.69) is 41.5 Å². The number of carbonyl (C=O) groups excluding carboxylic acids is 4. The predicted molar refractivity (Wildman–Crippen MR) is 381 cm³/mol. The van der Waals surface area contributed by atoms with Crippen molar-refractivity contribution in [1.29, 1.82) is 0 Å². The van der Waals surface area contributed by atoms with Crippen LogP contribution in [0.4, 0.5) is 0 Å². The molecule has 0 aromatic heterocycles. The van der Waals surface area contributed by atoms with Gasteiger partial charge in [-0.3, -0.25) is 37.3 Å². The minimum atomic E-state index is -4.96. The molecule has 0 aromatic rings. The summed E-state index contributed by atoms with van der Waals surface area (Å²) < 4.78 is 68.5. The highest BCUT2D eigenvalue weighted by Crippen LogP contribution is 2.45. The van der Waals surface area contributed by atoms with E-state index in [1.54, 1.807) is 0 Å². The Morgan fingerprint density at radius 2 is 0.489 bits per heavy atom. The summed E-state index contributed by atoms with van der Waals surface area (Å²) in [7, 11) is -9.91. The molecule has 0 heterocycles. The van der Waals surface area contributed by atoms with Gasteiger partial charge in [0.05, 0.1) is 26.4 Å². The molecule has 0 spiro atoms. The van der Waals surface area contributed by atoms with Crippen molar-refractivity contribution in [2.24, 2.45) is 11.8 Å². The molecule has 5 atom stereocenters. The number of phosphoric ester groups is 2. The van der Waals surface area contributed by atoms with Crippen LogP contribution in [0.15, 0.2) is 0 Å². The number of phosphoric acid groups is 2. The van der Waals surface area contributed by atoms with Crippen molar-refractivity contribution >= 4 is 39.5 Å². The third-order valence-electron chi connectivity index (χ3n) is 17.5. The Kier molecular flexibility index (Phi) is 65.5. The summed E-state index contributed by atoms with van der Waals surface area (Å²) in [5, 5.41) is 10.6. The summed E-state index contributed by atoms with van der Waals surface area (Å²) in [5.74, 6) is -0.594. The molecule has 0 amide bonds. The smallest absolute Gasteiger partial charge is 0.462 e. The van der Waals surface area contributed by atoms with Crippen molar-refractivity contribution in [3.63, 3.8) is 0 Å². The maximum atomic E-state index is 13.1. The van der Waals surface area contributed by atoms with Crippen LogP contribution in [-0.2, 0) is 65.4 Å². The Labute approximate surface area is 575 Å². The second kappa shape index (κ2) is 66.9. The second-order valence-corrected chi connectivity index (χ2v) is 30.9. The maximum Gasteiger partial charge on any atom is 0.472 e. The second-order valence-electron chi connectivity index (χ2n) is 28.0. The first-order valence-corrected chi connectivity index (χ1v) is 42.0. The van der Waals surface area contributed by atoms with E-state index in [1.807, 2.05) is 0 Å². The molecule has 0 saturated carbocycles. The minimum absolute atomic E-state index is 0.106. The molecule has 19 heteroatoms. The van der Waals surface area contributed by atoms with Crippen LogP contribution in [0.25, 0.3) is 0 Å². The highest BCUT2D eigenvalue weighted by molar-refractivity contribution is 7.47. The van der Waals surface area contributed by atoms with Gasteiger partial charge in [0, 0.05) is 25.7 Å². The molecule has 0 radical (unpaired) electrons. The Bertz CT molecular complexity index is 1820. The van der Waals surface area contributed by atoms with Gasteiger partial charge in [0.1, 0.15) is 19.3 Å². The van der Waals surface area contributed by atoms with E-state index in [-0.39, 0.29) is 25.7 Å². The average Bonchev–Trinajstić information content (AvgIpc) is 1.37. The standard InChI is InChI=1S/C75H146O17P2/c1-7-9-11-13-15-17-18-19-20-21-22-23-24-27-35-41-47-53-59-74(79)91-71(64-86-73(78)58-52-46-40-34-28-25-26-32-37-43-49-55-67(3)4)66-90-94(83,84)88-62-69(76)61-87-93(81,82)89-65-70(63-85-72(77)57-51-45-39-31-16-14-12-10-8-2)92-75(80)60-54-48-42-36-30-29-33-38-44-50-56-68(5)6/h67-71,76H,7-66H2,1-6H3,(H,81,82)(H,83,84)/t69-,70+,71+/m0/s1. The fraction of sp³-hybridized carbons (Fsp3) is 0.947. The van der Waals surface area contributed by atoms with Crippen LogP contribution in [0.5, 0.6) is 0 Å². The Hall–Kier alpha value is -1.94. The fourth-order valence-corrected chi connectivity index (χ4v) is 13.1. The van der Waals surface area contributed by atoms with E-state index < -0.39 is 97.5 Å². The van der Waals surface area contributed by atoms with Gasteiger partial charge in [-0.05, 0) is 37.5 Å². The summed E-state index contributed by atoms with van der Waals surface area (Å²) in [4.78, 5) is 72.7. The molecular formula is C75H146O17P2. The normalized spacial score (nSPS) is 14.0. The minimum Gasteiger partial charge on any atom is -0.462 e. The van der Waals surface area contributed by atoms with Crippen LogP contribution < -0.4 is 0 Å². The average molecular weight is 1380 g/mol. The molecule has 0 saturated heterocycles. The molecule has 2 unspecified atom stereocenters. The van der Waals surface area contributed by atoms with Crippen LogP contribution in [0.1, 0.15) is 388 Å². The van der Waals surface area contributed by atoms with Crippen LogP contribution >= 0.6 is 15.6 Å². The molecule has 558 valence electrons. The molecule has 0 fully saturated rings. The number of hydrogen-bond donors (Lipinski definition) is 3. The zero-order chi connectivity index (χ0) is 69.3. The first kappa shape index (κ1) is 92.1. The van der Waals surface area contributed by atoms with Crippen LogP contribution in [-0.4, -0.2) is 96.7 Å². The van der Waals surface area contributed by atoms with Crippen LogP contribution in [0.3, 0.4) is 0 Å². The van der Waals surface area contributed by atoms with Gasteiger partial charge >= 0.3 is 39.5 Å². The number of aliphatic hydroxyl groups is 1. The molecular weight excluding hydrogens is 1230 g/mol. The molecule has 3 N–H and O–H groups in total. The van der Waals surface area contributed by atoms with Gasteiger partial charge in [-0.1, -0.05) is 337 Å². The number of ether oxygens (including phenoxy) is 4. The molecule has 0 aliphatic heterocycles. The fourth-order valence-electron chi connectivity index (χ4n) is 11.5. The number of rotatable bonds is 74. The van der Waals surface area contributed by atoms with E-state index >= 15 is 0 Å². The first-order valence-electron chi connectivity index (χ1n) is 39.0. The third kappa shape index (κ3) is 68.6. The SMILES string of the molecule is CCCCCCCCCCCCCCCCCCCCC(=O)O[C@H](COC(=O)CCCCCCCCCCCCCC(C)C)COP(=O)(O)OC[C@@H](O)COP(=O)(O)OC[C@@H](COC(=O)CCCCCCCCCCC)OC(=O)CCCCCCCCCCCCC(C)C. The van der Waals surface area contributed by atoms with Gasteiger partial charge in [-0.25, -0.2) is 9.13 Å². The molecule has 0 aliphatic carbocycles. The lowest BCUT2D eigenvalue weighted by atomic mass is 10.0. The third-order valence-corrected chi connectivity index (χ3v) is 19.4. The number of hydrogen-bond acceptors (Lipinski definition) is 15. The lowest BCUT2D eigenvalue weighted by molar-refractivity contribution is -0.161. The molecule has 17 nitrogen and oxygen atoms in total. The molecule has 94 heavy (non-hydrogen) atoms. The molecule has 0 aliphatic rings. The molecule has 0 bridgehead atoms. The lowest BCUT2D eigenvalue weighted by Crippen LogP contribution is -2.30. The molecule has 0 rings (SSSR count). The zero-order valence-electron chi connectivity index (χ0n) is 61.3. The van der Waals surface area contributed by atoms with Crippen molar-refractivity contribution in [2.45, 2.75) is 407 Å². The topological polar surface area (TPSA) is 237 Å². The number of aliphatic hydroxyl groups excluding tert-OH is 1. The van der Waals surface area contributed by atoms with Gasteiger partial charge in [0.25, 0.3) is 0 Å². The van der Waals surface area contributed by atoms with Gasteiger partial charge in [0.15, 0.2) is 12.2 Å². The highest BCUT2D eigenvalue weighted by Gasteiger charge is 2.30. The Morgan fingerprint density at radius 1 is 0.287 bits per heavy atom. The number of carbonyl (C=O) groups is 4. The van der Waals surface area contributed by atoms with Crippen LogP contribution in [0.2, 0.25) is 0 Å². The van der Waals surface area contributed by atoms with E-state index in [1.165, 1.54) is 205 Å². The van der Waals surface area contributed by atoms with Gasteiger partial charge in [0.2, 0.25) is 0 Å². The van der Waals surface area contributed by atoms with Crippen molar-refractivity contribution in [3.05, 3.63) is 0 Å². The Morgan fingerprint density at radius 3 is 0.723 bits per heavy atom. The quantitative estimate of drug-likeness (QED) is 0.0222. The number of unbranched alkanes of at least 4 members (excludes halogenated alkanes) is 44. The zero-order valence-corrected chi connectivity index (χ0v) is 63.1. The summed E-state index contributed by atoms with van der Waals surface area (Å²) >= 11 is 0. The largest absolute Gasteiger partial charge is 0.472 e. The van der Waals surface area contributed by atoms with Crippen molar-refractivity contribution in [3.8, 4) is 0 Å². The van der Waals surface area contributed by atoms with E-state index in [4.69, 9.17) is 37.0 Å². The van der Waals surface area contributed by atoms with Crippen molar-refractivity contribution in [2.75, 3.05) is 39.6 Å². The number of esters is 4. The summed E-state index contributed by atoms with van der Waals surface area (Å²) in [6, 6.07) is 0. The lowest BCUT2D eigenvalue weighted by Gasteiger charge is -2.21. The van der Waals surface area contributed by atoms with Crippen molar-refractivity contribution in [1.82, 2.24) is 0 Å². The summed E-state index contributed by atoms with van der Waals surface area (Å²) in [6.07, 6.45) is 54.1. The van der Waals surface area contributed by atoms with Gasteiger partial charge < -0.3 is 33.8 Å². The van der Waals surface area contributed by atoms with E-state index in [0.29, 0.717) is 25.7 Å². The van der Waals surface area contributed by atoms with Gasteiger partial charge in [-0.15, -0.1) is 0 Å². The van der Waals surface area contributed by atoms with Gasteiger partial charge in [-0.2, -0.15) is 0 Å². The molecule has 0 aromatic carbocycles. The predicted octanol–water partition coefficient (Wildman–Crippen LogP) is 21.9. The van der Waals surface area contributed by atoms with Crippen molar-refractivity contribution < 1.29 is 80.2 Å². The highest BCUT2D eigenvalue weighted by atomic mass is 31.2. The van der Waals surface area contributed by atoms with Crippen LogP contribution in [0, 0.1) is 11.8 Å². The monoisotopic (exact) mass is 1380 g/mol. The first-order chi connectivity index (χ1) is 45.4. The summed E-state index contributed by atoms with van der Waals surface area (Å²) in [5.41, 5.74) is 0. The Balaban J connectivity index is 5.23.